The summed E-state index contributed by atoms with van der Waals surface area (Å²) in [5.74, 6) is -0.664. The van der Waals surface area contributed by atoms with Gasteiger partial charge in [0.25, 0.3) is 5.91 Å². The Morgan fingerprint density at radius 1 is 1.17 bits per heavy atom. The number of aromatic nitrogens is 2. The van der Waals surface area contributed by atoms with Crippen molar-refractivity contribution in [3.8, 4) is 5.69 Å². The monoisotopic (exact) mass is 602 g/mol. The first-order chi connectivity index (χ1) is 16.5. The molecule has 0 spiro atoms. The maximum Gasteiger partial charge on any atom is 0.270 e. The van der Waals surface area contributed by atoms with Crippen LogP contribution in [-0.2, 0) is 24.8 Å². The van der Waals surface area contributed by atoms with Crippen molar-refractivity contribution in [1.29, 1.82) is 0 Å². The molecule has 13 heteroatoms. The van der Waals surface area contributed by atoms with Gasteiger partial charge in [-0.3, -0.25) is 4.79 Å². The van der Waals surface area contributed by atoms with Gasteiger partial charge in [0.05, 0.1) is 22.7 Å². The lowest BCUT2D eigenvalue weighted by Gasteiger charge is -2.11. The topological polar surface area (TPSA) is 127 Å². The van der Waals surface area contributed by atoms with Gasteiger partial charge in [0, 0.05) is 34.1 Å². The van der Waals surface area contributed by atoms with Gasteiger partial charge in [0.15, 0.2) is 0 Å². The van der Waals surface area contributed by atoms with Crippen molar-refractivity contribution < 1.29 is 21.6 Å². The third-order valence-corrected chi connectivity index (χ3v) is 8.80. The number of sulfonamides is 1. The molecule has 3 aromatic rings. The van der Waals surface area contributed by atoms with Crippen LogP contribution in [0.25, 0.3) is 16.6 Å². The van der Waals surface area contributed by atoms with Crippen LogP contribution in [0.4, 0.5) is 0 Å². The van der Waals surface area contributed by atoms with Crippen molar-refractivity contribution in [2.24, 2.45) is 0 Å². The molecule has 1 aromatic heterocycles. The van der Waals surface area contributed by atoms with E-state index in [4.69, 9.17) is 10.7 Å². The number of carbonyl (C=O) groups excluding carboxylic acids is 1. The van der Waals surface area contributed by atoms with Crippen molar-refractivity contribution >= 4 is 62.5 Å². The molecule has 35 heavy (non-hydrogen) atoms. The summed E-state index contributed by atoms with van der Waals surface area (Å²) in [7, 11) is -0.679. The number of hydrogen-bond donors (Lipinski definition) is 2. The molecule has 1 aliphatic carbocycles. The van der Waals surface area contributed by atoms with E-state index in [0.29, 0.717) is 27.8 Å². The maximum atomic E-state index is 12.8. The van der Waals surface area contributed by atoms with E-state index in [1.807, 2.05) is 30.3 Å². The minimum atomic E-state index is -3.74. The van der Waals surface area contributed by atoms with E-state index in [2.05, 4.69) is 31.1 Å². The minimum Gasteiger partial charge on any atom is -0.354 e. The molecule has 1 saturated carbocycles. The van der Waals surface area contributed by atoms with Crippen LogP contribution in [0.15, 0.2) is 40.9 Å². The van der Waals surface area contributed by atoms with Crippen LogP contribution in [0.2, 0.25) is 0 Å². The molecule has 0 unspecified atom stereocenters. The van der Waals surface area contributed by atoms with Crippen LogP contribution in [-0.4, -0.2) is 51.9 Å². The van der Waals surface area contributed by atoms with E-state index in [1.54, 1.807) is 17.8 Å². The van der Waals surface area contributed by atoms with Crippen LogP contribution >= 0.6 is 26.6 Å². The number of benzene rings is 2. The third-order valence-electron chi connectivity index (χ3n) is 5.70. The first-order valence-corrected chi connectivity index (χ1v) is 15.8. The van der Waals surface area contributed by atoms with Crippen molar-refractivity contribution in [1.82, 2.24) is 19.8 Å². The molecule has 1 aliphatic rings. The fourth-order valence-corrected chi connectivity index (χ4v) is 6.22. The number of rotatable bonds is 10. The molecule has 188 valence electrons. The Balaban J connectivity index is 1.72. The number of carbonyl (C=O) groups is 1. The quantitative estimate of drug-likeness (QED) is 0.270. The van der Waals surface area contributed by atoms with Crippen LogP contribution in [0.3, 0.4) is 0 Å². The Morgan fingerprint density at radius 2 is 1.86 bits per heavy atom. The van der Waals surface area contributed by atoms with Crippen LogP contribution in [0, 0.1) is 0 Å². The van der Waals surface area contributed by atoms with E-state index >= 15 is 0 Å². The Morgan fingerprint density at radius 3 is 2.46 bits per heavy atom. The molecular weight excluding hydrogens is 580 g/mol. The lowest BCUT2D eigenvalue weighted by Crippen LogP contribution is -2.27. The molecule has 2 N–H and O–H groups in total. The molecule has 4 rings (SSSR count). The predicted molar refractivity (Wildman–Crippen MR) is 139 cm³/mol. The second-order valence-electron chi connectivity index (χ2n) is 8.41. The standard InChI is InChI=1S/C22H24BrClN4O5S2/c1-25-22(29)21-19-12-18(14-3-4-14)15(13-35(32,33)26-9-2-10-34(24,30)31)11-20(19)27-28(21)17-7-5-16(23)6-8-17/h5-8,11-12,14,26H,2-4,9-10,13H2,1H3,(H,25,29). The Labute approximate surface area is 216 Å². The molecule has 9 nitrogen and oxygen atoms in total. The zero-order chi connectivity index (χ0) is 25.4. The highest BCUT2D eigenvalue weighted by Gasteiger charge is 2.30. The van der Waals surface area contributed by atoms with E-state index in [1.165, 1.54) is 0 Å². The van der Waals surface area contributed by atoms with Crippen molar-refractivity contribution in [2.75, 3.05) is 19.3 Å². The first-order valence-electron chi connectivity index (χ1n) is 10.9. The highest BCUT2D eigenvalue weighted by molar-refractivity contribution is 9.10. The first kappa shape index (κ1) is 26.1. The number of nitrogens with zero attached hydrogens (tertiary/aromatic N) is 2. The summed E-state index contributed by atoms with van der Waals surface area (Å²) in [6.45, 7) is -0.0334. The molecule has 0 radical (unpaired) electrons. The van der Waals surface area contributed by atoms with Gasteiger partial charge in [-0.1, -0.05) is 15.9 Å². The van der Waals surface area contributed by atoms with Crippen molar-refractivity contribution in [2.45, 2.75) is 30.9 Å². The van der Waals surface area contributed by atoms with Gasteiger partial charge in [0.1, 0.15) is 5.69 Å². The van der Waals surface area contributed by atoms with Gasteiger partial charge in [-0.05, 0) is 72.7 Å². The lowest BCUT2D eigenvalue weighted by molar-refractivity contribution is 0.0957. The zero-order valence-electron chi connectivity index (χ0n) is 18.8. The molecule has 1 fully saturated rings. The smallest absolute Gasteiger partial charge is 0.270 e. The molecule has 0 saturated heterocycles. The van der Waals surface area contributed by atoms with Crippen molar-refractivity contribution in [3.05, 3.63) is 57.7 Å². The van der Waals surface area contributed by atoms with Gasteiger partial charge < -0.3 is 5.32 Å². The highest BCUT2D eigenvalue weighted by atomic mass is 79.9. The van der Waals surface area contributed by atoms with Crippen LogP contribution in [0.1, 0.15) is 46.8 Å². The second kappa shape index (κ2) is 10.2. The number of fused-ring (bicyclic) bond motifs is 1. The molecule has 0 atom stereocenters. The summed E-state index contributed by atoms with van der Waals surface area (Å²) in [5, 5.41) is 7.96. The Hall–Kier alpha value is -1.99. The van der Waals surface area contributed by atoms with Gasteiger partial charge in [-0.25, -0.2) is 26.2 Å². The number of halogens is 2. The molecule has 0 bridgehead atoms. The summed E-state index contributed by atoms with van der Waals surface area (Å²) >= 11 is 3.41. The van der Waals surface area contributed by atoms with Crippen LogP contribution < -0.4 is 10.0 Å². The largest absolute Gasteiger partial charge is 0.354 e. The summed E-state index contributed by atoms with van der Waals surface area (Å²) < 4.78 is 52.5. The van der Waals surface area contributed by atoms with Crippen LogP contribution in [0.5, 0.6) is 0 Å². The average Bonchev–Trinajstić information content (AvgIpc) is 3.56. The number of amides is 1. The minimum absolute atomic E-state index is 0.0334. The van der Waals surface area contributed by atoms with E-state index in [0.717, 1.165) is 22.9 Å². The van der Waals surface area contributed by atoms with Gasteiger partial charge >= 0.3 is 0 Å². The molecule has 1 amide bonds. The number of hydrogen-bond acceptors (Lipinski definition) is 6. The zero-order valence-corrected chi connectivity index (χ0v) is 22.8. The average molecular weight is 604 g/mol. The Kier molecular flexibility index (Phi) is 7.58. The lowest BCUT2D eigenvalue weighted by atomic mass is 10.0. The number of nitrogens with one attached hydrogen (secondary N) is 2. The molecule has 1 heterocycles. The highest BCUT2D eigenvalue weighted by Crippen LogP contribution is 2.43. The SMILES string of the molecule is CNC(=O)c1c2cc(C3CC3)c(CS(=O)(=O)NCCCS(=O)(=O)Cl)cc2nn1-c1ccc(Br)cc1. The fourth-order valence-electron chi connectivity index (χ4n) is 3.93. The van der Waals surface area contributed by atoms with Crippen molar-refractivity contribution in [3.63, 3.8) is 0 Å². The van der Waals surface area contributed by atoms with Gasteiger partial charge in [0.2, 0.25) is 19.1 Å². The predicted octanol–water partition coefficient (Wildman–Crippen LogP) is 3.40. The van der Waals surface area contributed by atoms with E-state index < -0.39 is 19.1 Å². The summed E-state index contributed by atoms with van der Waals surface area (Å²) in [5.41, 5.74) is 3.07. The third kappa shape index (κ3) is 6.42. The molecule has 2 aromatic carbocycles. The summed E-state index contributed by atoms with van der Waals surface area (Å²) in [6, 6.07) is 11.0. The maximum absolute atomic E-state index is 12.8. The normalized spacial score (nSPS) is 14.4. The second-order valence-corrected chi connectivity index (χ2v) is 14.0. The van der Waals surface area contributed by atoms with E-state index in [9.17, 15) is 21.6 Å². The molecular formula is C22H24BrClN4O5S2. The summed E-state index contributed by atoms with van der Waals surface area (Å²) in [4.78, 5) is 12.8. The fraction of sp³-hybridized carbons (Fsp3) is 0.364. The molecule has 0 aliphatic heterocycles. The Bertz CT molecular complexity index is 1480. The van der Waals surface area contributed by atoms with Gasteiger partial charge in [-0.15, -0.1) is 0 Å². The van der Waals surface area contributed by atoms with E-state index in [-0.39, 0.29) is 36.3 Å². The van der Waals surface area contributed by atoms with Gasteiger partial charge in [-0.2, -0.15) is 5.10 Å². The summed E-state index contributed by atoms with van der Waals surface area (Å²) in [6.07, 6.45) is 1.96.